The Balaban J connectivity index is 2.89. The molecular formula is C8H9N3O2. The molecule has 1 rings (SSSR count). The number of aliphatic hydroxyl groups is 1. The Kier molecular flexibility index (Phi) is 3.17. The molecule has 0 aliphatic heterocycles. The summed E-state index contributed by atoms with van der Waals surface area (Å²) in [6, 6.07) is 1.90. The number of aliphatic hydroxyl groups excluding tert-OH is 1. The summed E-state index contributed by atoms with van der Waals surface area (Å²) in [5.74, 6) is 0.760. The van der Waals surface area contributed by atoms with Crippen molar-refractivity contribution in [3.8, 4) is 11.9 Å². The first-order valence-electron chi connectivity index (χ1n) is 3.75. The SMILES string of the molecule is Cc1ncc(C#N)c(OCCO)n1. The average Bonchev–Trinajstić information content (AvgIpc) is 2.15. The van der Waals surface area contributed by atoms with Gasteiger partial charge < -0.3 is 9.84 Å². The van der Waals surface area contributed by atoms with Crippen LogP contribution in [-0.4, -0.2) is 28.3 Å². The van der Waals surface area contributed by atoms with Gasteiger partial charge in [0.2, 0.25) is 5.88 Å². The van der Waals surface area contributed by atoms with E-state index in [1.54, 1.807) is 6.92 Å². The van der Waals surface area contributed by atoms with E-state index >= 15 is 0 Å². The molecule has 0 bridgehead atoms. The highest BCUT2D eigenvalue weighted by atomic mass is 16.5. The Morgan fingerprint density at radius 2 is 2.46 bits per heavy atom. The van der Waals surface area contributed by atoms with E-state index in [4.69, 9.17) is 15.1 Å². The molecule has 0 saturated carbocycles. The molecule has 1 aromatic rings. The van der Waals surface area contributed by atoms with Crippen molar-refractivity contribution in [3.63, 3.8) is 0 Å². The molecule has 5 heteroatoms. The normalized spacial score (nSPS) is 9.31. The molecule has 0 spiro atoms. The van der Waals surface area contributed by atoms with Gasteiger partial charge in [-0.3, -0.25) is 0 Å². The summed E-state index contributed by atoms with van der Waals surface area (Å²) in [7, 11) is 0. The Morgan fingerprint density at radius 1 is 1.69 bits per heavy atom. The molecule has 0 aliphatic carbocycles. The van der Waals surface area contributed by atoms with Gasteiger partial charge in [0.05, 0.1) is 12.8 Å². The van der Waals surface area contributed by atoms with Crippen LogP contribution in [0.4, 0.5) is 0 Å². The molecule has 0 amide bonds. The first-order valence-corrected chi connectivity index (χ1v) is 3.75. The van der Waals surface area contributed by atoms with Crippen molar-refractivity contribution in [3.05, 3.63) is 17.6 Å². The average molecular weight is 179 g/mol. The Morgan fingerprint density at radius 3 is 3.08 bits per heavy atom. The smallest absolute Gasteiger partial charge is 0.235 e. The van der Waals surface area contributed by atoms with Crippen LogP contribution < -0.4 is 4.74 Å². The zero-order valence-electron chi connectivity index (χ0n) is 7.19. The Labute approximate surface area is 75.6 Å². The molecule has 0 unspecified atom stereocenters. The van der Waals surface area contributed by atoms with Gasteiger partial charge in [0.15, 0.2) is 0 Å². The Bertz CT molecular complexity index is 333. The molecule has 1 N–H and O–H groups in total. The van der Waals surface area contributed by atoms with Gasteiger partial charge >= 0.3 is 0 Å². The van der Waals surface area contributed by atoms with Crippen molar-refractivity contribution in [2.75, 3.05) is 13.2 Å². The van der Waals surface area contributed by atoms with Crippen LogP contribution in [0, 0.1) is 18.3 Å². The maximum Gasteiger partial charge on any atom is 0.235 e. The molecule has 5 nitrogen and oxygen atoms in total. The van der Waals surface area contributed by atoms with E-state index in [0.717, 1.165) is 0 Å². The van der Waals surface area contributed by atoms with Gasteiger partial charge in [0.25, 0.3) is 0 Å². The van der Waals surface area contributed by atoms with E-state index in [0.29, 0.717) is 5.82 Å². The van der Waals surface area contributed by atoms with Gasteiger partial charge in [-0.15, -0.1) is 0 Å². The molecule has 0 radical (unpaired) electrons. The van der Waals surface area contributed by atoms with Gasteiger partial charge in [-0.2, -0.15) is 10.2 Å². The topological polar surface area (TPSA) is 79.0 Å². The predicted octanol–water partition coefficient (Wildman–Crippen LogP) is 0.0278. The number of nitriles is 1. The fourth-order valence-electron chi connectivity index (χ4n) is 0.778. The summed E-state index contributed by atoms with van der Waals surface area (Å²) >= 11 is 0. The monoisotopic (exact) mass is 179 g/mol. The molecule has 1 aromatic heterocycles. The second-order valence-corrected chi connectivity index (χ2v) is 2.32. The van der Waals surface area contributed by atoms with Crippen molar-refractivity contribution in [1.29, 1.82) is 5.26 Å². The third kappa shape index (κ3) is 2.39. The molecular weight excluding hydrogens is 170 g/mol. The molecule has 0 fully saturated rings. The molecule has 13 heavy (non-hydrogen) atoms. The van der Waals surface area contributed by atoms with Gasteiger partial charge in [0, 0.05) is 0 Å². The maximum atomic E-state index is 8.64. The molecule has 0 saturated heterocycles. The van der Waals surface area contributed by atoms with Crippen LogP contribution in [-0.2, 0) is 0 Å². The van der Waals surface area contributed by atoms with E-state index in [1.165, 1.54) is 6.20 Å². The van der Waals surface area contributed by atoms with Gasteiger partial charge in [-0.25, -0.2) is 4.98 Å². The van der Waals surface area contributed by atoms with Gasteiger partial charge in [0.1, 0.15) is 24.1 Å². The van der Waals surface area contributed by atoms with Crippen molar-refractivity contribution in [2.24, 2.45) is 0 Å². The van der Waals surface area contributed by atoms with Crippen LogP contribution in [0.1, 0.15) is 11.4 Å². The number of aromatic nitrogens is 2. The van der Waals surface area contributed by atoms with Crippen molar-refractivity contribution in [2.45, 2.75) is 6.92 Å². The number of hydrogen-bond donors (Lipinski definition) is 1. The highest BCUT2D eigenvalue weighted by molar-refractivity contribution is 5.35. The largest absolute Gasteiger partial charge is 0.474 e. The molecule has 1 heterocycles. The number of rotatable bonds is 3. The Hall–Kier alpha value is -1.67. The summed E-state index contributed by atoms with van der Waals surface area (Å²) in [5, 5.41) is 17.1. The van der Waals surface area contributed by atoms with Gasteiger partial charge in [-0.05, 0) is 6.92 Å². The fourth-order valence-corrected chi connectivity index (χ4v) is 0.778. The number of nitrogens with zero attached hydrogens (tertiary/aromatic N) is 3. The first kappa shape index (κ1) is 9.42. The van der Waals surface area contributed by atoms with Crippen LogP contribution >= 0.6 is 0 Å². The van der Waals surface area contributed by atoms with E-state index in [9.17, 15) is 0 Å². The molecule has 0 aliphatic rings. The van der Waals surface area contributed by atoms with Crippen LogP contribution in [0.2, 0.25) is 0 Å². The zero-order valence-corrected chi connectivity index (χ0v) is 7.19. The minimum Gasteiger partial charge on any atom is -0.474 e. The van der Waals surface area contributed by atoms with Crippen molar-refractivity contribution >= 4 is 0 Å². The minimum absolute atomic E-state index is 0.103. The summed E-state index contributed by atoms with van der Waals surface area (Å²) in [6.07, 6.45) is 1.40. The lowest BCUT2D eigenvalue weighted by molar-refractivity contribution is 0.196. The lowest BCUT2D eigenvalue weighted by Crippen LogP contribution is -2.05. The third-order valence-corrected chi connectivity index (χ3v) is 1.32. The highest BCUT2D eigenvalue weighted by Crippen LogP contribution is 2.12. The van der Waals surface area contributed by atoms with E-state index in [2.05, 4.69) is 9.97 Å². The van der Waals surface area contributed by atoms with Crippen LogP contribution in [0.5, 0.6) is 5.88 Å². The van der Waals surface area contributed by atoms with Crippen molar-refractivity contribution < 1.29 is 9.84 Å². The standard InChI is InChI=1S/C8H9N3O2/c1-6-10-5-7(4-9)8(11-6)13-3-2-12/h5,12H,2-3H2,1H3. The minimum atomic E-state index is -0.103. The maximum absolute atomic E-state index is 8.64. The second kappa shape index (κ2) is 4.38. The molecule has 0 aromatic carbocycles. The first-order chi connectivity index (χ1) is 6.27. The summed E-state index contributed by atoms with van der Waals surface area (Å²) in [5.41, 5.74) is 0.277. The van der Waals surface area contributed by atoms with Crippen LogP contribution in [0.25, 0.3) is 0 Å². The van der Waals surface area contributed by atoms with Crippen molar-refractivity contribution in [1.82, 2.24) is 9.97 Å². The summed E-state index contributed by atoms with van der Waals surface area (Å²) < 4.78 is 5.03. The number of aryl methyl sites for hydroxylation is 1. The van der Waals surface area contributed by atoms with Crippen LogP contribution in [0.15, 0.2) is 6.20 Å². The van der Waals surface area contributed by atoms with E-state index in [1.807, 2.05) is 6.07 Å². The number of ether oxygens (including phenoxy) is 1. The highest BCUT2D eigenvalue weighted by Gasteiger charge is 2.05. The lowest BCUT2D eigenvalue weighted by atomic mass is 10.3. The zero-order chi connectivity index (χ0) is 9.68. The number of hydrogen-bond acceptors (Lipinski definition) is 5. The second-order valence-electron chi connectivity index (χ2n) is 2.32. The lowest BCUT2D eigenvalue weighted by Gasteiger charge is -2.04. The quantitative estimate of drug-likeness (QED) is 0.708. The molecule has 68 valence electrons. The van der Waals surface area contributed by atoms with E-state index < -0.39 is 0 Å². The third-order valence-electron chi connectivity index (χ3n) is 1.32. The van der Waals surface area contributed by atoms with E-state index in [-0.39, 0.29) is 24.7 Å². The fraction of sp³-hybridized carbons (Fsp3) is 0.375. The molecule has 0 atom stereocenters. The summed E-state index contributed by atoms with van der Waals surface area (Å²) in [4.78, 5) is 7.76. The van der Waals surface area contributed by atoms with Gasteiger partial charge in [-0.1, -0.05) is 0 Å². The predicted molar refractivity (Wildman–Crippen MR) is 44.1 cm³/mol. The van der Waals surface area contributed by atoms with Crippen LogP contribution in [0.3, 0.4) is 0 Å². The summed E-state index contributed by atoms with van der Waals surface area (Å²) in [6.45, 7) is 1.73.